The summed E-state index contributed by atoms with van der Waals surface area (Å²) in [5.74, 6) is 0.780. The number of hydrogen-bond donors (Lipinski definition) is 0. The van der Waals surface area contributed by atoms with Crippen molar-refractivity contribution in [2.45, 2.75) is 19.5 Å². The van der Waals surface area contributed by atoms with E-state index in [9.17, 15) is 0 Å². The lowest BCUT2D eigenvalue weighted by molar-refractivity contribution is 0.244. The molecule has 1 aliphatic rings. The highest BCUT2D eigenvalue weighted by molar-refractivity contribution is 5.54. The van der Waals surface area contributed by atoms with Gasteiger partial charge in [-0.25, -0.2) is 14.5 Å². The Morgan fingerprint density at radius 2 is 1.96 bits per heavy atom. The molecule has 5 heterocycles. The second-order valence-corrected chi connectivity index (χ2v) is 6.56. The van der Waals surface area contributed by atoms with Gasteiger partial charge in [0.05, 0.1) is 17.4 Å². The van der Waals surface area contributed by atoms with E-state index in [0.29, 0.717) is 0 Å². The van der Waals surface area contributed by atoms with Gasteiger partial charge in [0.25, 0.3) is 0 Å². The largest absolute Gasteiger partial charge is 0.294 e. The van der Waals surface area contributed by atoms with Gasteiger partial charge in [0.15, 0.2) is 5.82 Å². The highest BCUT2D eigenvalue weighted by Gasteiger charge is 2.20. The minimum atomic E-state index is 0.780. The fraction of sp³-hybridized carbons (Fsp3) is 0.200. The summed E-state index contributed by atoms with van der Waals surface area (Å²) >= 11 is 0. The van der Waals surface area contributed by atoms with Gasteiger partial charge >= 0.3 is 0 Å². The zero-order valence-corrected chi connectivity index (χ0v) is 14.3. The topological polar surface area (TPSA) is 59.2 Å². The molecular formula is C20H18N6. The zero-order valence-electron chi connectivity index (χ0n) is 14.3. The Bertz CT molecular complexity index is 1060. The number of pyridine rings is 2. The van der Waals surface area contributed by atoms with Crippen molar-refractivity contribution in [1.82, 2.24) is 29.5 Å². The standard InChI is InChI=1S/C20H18N6/c1-2-9-26-19(3-1)17(12-23-26)14-25-10-6-18-16(13-25)11-22-20(24-18)15-4-7-21-8-5-15/h1-5,7-9,11-12H,6,10,13-14H2. The maximum absolute atomic E-state index is 4.78. The molecular weight excluding hydrogens is 324 g/mol. The van der Waals surface area contributed by atoms with Crippen LogP contribution in [-0.4, -0.2) is 36.0 Å². The summed E-state index contributed by atoms with van der Waals surface area (Å²) in [6.45, 7) is 2.75. The first-order chi connectivity index (χ1) is 12.9. The Hall–Kier alpha value is -3.12. The molecule has 0 saturated carbocycles. The third-order valence-corrected chi connectivity index (χ3v) is 4.85. The molecule has 26 heavy (non-hydrogen) atoms. The Labute approximate surface area is 151 Å². The minimum absolute atomic E-state index is 0.780. The van der Waals surface area contributed by atoms with Crippen molar-refractivity contribution in [3.05, 3.63) is 78.1 Å². The predicted octanol–water partition coefficient (Wildman–Crippen LogP) is 2.74. The summed E-state index contributed by atoms with van der Waals surface area (Å²) in [5.41, 5.74) is 5.80. The van der Waals surface area contributed by atoms with Gasteiger partial charge in [0, 0.05) is 67.5 Å². The lowest BCUT2D eigenvalue weighted by Crippen LogP contribution is -2.30. The molecule has 0 saturated heterocycles. The van der Waals surface area contributed by atoms with Crippen molar-refractivity contribution in [1.29, 1.82) is 0 Å². The van der Waals surface area contributed by atoms with E-state index in [0.717, 1.165) is 43.1 Å². The fourth-order valence-corrected chi connectivity index (χ4v) is 3.50. The molecule has 0 aliphatic carbocycles. The first-order valence-corrected chi connectivity index (χ1v) is 8.75. The lowest BCUT2D eigenvalue weighted by Gasteiger charge is -2.27. The zero-order chi connectivity index (χ0) is 17.3. The molecule has 0 amide bonds. The molecule has 0 unspecified atom stereocenters. The Morgan fingerprint density at radius 1 is 1.04 bits per heavy atom. The molecule has 6 nitrogen and oxygen atoms in total. The van der Waals surface area contributed by atoms with Crippen LogP contribution in [-0.2, 0) is 19.5 Å². The average molecular weight is 342 g/mol. The fourth-order valence-electron chi connectivity index (χ4n) is 3.50. The van der Waals surface area contributed by atoms with E-state index in [1.807, 2.05) is 41.3 Å². The van der Waals surface area contributed by atoms with Gasteiger partial charge in [-0.15, -0.1) is 0 Å². The molecule has 0 spiro atoms. The van der Waals surface area contributed by atoms with Gasteiger partial charge in [-0.1, -0.05) is 6.07 Å². The summed E-state index contributed by atoms with van der Waals surface area (Å²) in [7, 11) is 0. The van der Waals surface area contributed by atoms with E-state index in [2.05, 4.69) is 32.1 Å². The van der Waals surface area contributed by atoms with Crippen LogP contribution in [0.3, 0.4) is 0 Å². The minimum Gasteiger partial charge on any atom is -0.294 e. The van der Waals surface area contributed by atoms with E-state index >= 15 is 0 Å². The van der Waals surface area contributed by atoms with Crippen LogP contribution in [0.5, 0.6) is 0 Å². The van der Waals surface area contributed by atoms with Crippen LogP contribution in [0.1, 0.15) is 16.8 Å². The van der Waals surface area contributed by atoms with Crippen molar-refractivity contribution in [2.75, 3.05) is 6.54 Å². The van der Waals surface area contributed by atoms with Gasteiger partial charge in [-0.2, -0.15) is 5.10 Å². The molecule has 0 radical (unpaired) electrons. The monoisotopic (exact) mass is 342 g/mol. The molecule has 5 rings (SSSR count). The molecule has 4 aromatic rings. The molecule has 1 aliphatic heterocycles. The Balaban J connectivity index is 1.37. The maximum Gasteiger partial charge on any atom is 0.159 e. The summed E-state index contributed by atoms with van der Waals surface area (Å²) in [6, 6.07) is 10.1. The van der Waals surface area contributed by atoms with Crippen molar-refractivity contribution in [2.24, 2.45) is 0 Å². The molecule has 0 fully saturated rings. The van der Waals surface area contributed by atoms with Crippen molar-refractivity contribution < 1.29 is 0 Å². The van der Waals surface area contributed by atoms with Crippen molar-refractivity contribution >= 4 is 5.52 Å². The molecule has 0 N–H and O–H groups in total. The van der Waals surface area contributed by atoms with Crippen LogP contribution in [0.15, 0.2) is 61.3 Å². The van der Waals surface area contributed by atoms with Crippen LogP contribution in [0.4, 0.5) is 0 Å². The number of fused-ring (bicyclic) bond motifs is 2. The van der Waals surface area contributed by atoms with E-state index in [-0.39, 0.29) is 0 Å². The molecule has 0 aromatic carbocycles. The predicted molar refractivity (Wildman–Crippen MR) is 98.3 cm³/mol. The highest BCUT2D eigenvalue weighted by Crippen LogP contribution is 2.22. The highest BCUT2D eigenvalue weighted by atomic mass is 15.2. The summed E-state index contributed by atoms with van der Waals surface area (Å²) in [6.07, 6.45) is 10.4. The quantitative estimate of drug-likeness (QED) is 0.573. The van der Waals surface area contributed by atoms with Crippen LogP contribution in [0, 0.1) is 0 Å². The second-order valence-electron chi connectivity index (χ2n) is 6.56. The van der Waals surface area contributed by atoms with Gasteiger partial charge < -0.3 is 0 Å². The van der Waals surface area contributed by atoms with Gasteiger partial charge in [0.1, 0.15) is 0 Å². The number of rotatable bonds is 3. The Morgan fingerprint density at radius 3 is 2.88 bits per heavy atom. The summed E-state index contributed by atoms with van der Waals surface area (Å²) in [5, 5.41) is 4.43. The third kappa shape index (κ3) is 2.74. The van der Waals surface area contributed by atoms with Gasteiger partial charge in [-0.05, 0) is 24.3 Å². The summed E-state index contributed by atoms with van der Waals surface area (Å²) in [4.78, 5) is 15.8. The first kappa shape index (κ1) is 15.2. The van der Waals surface area contributed by atoms with Crippen LogP contribution < -0.4 is 0 Å². The number of hydrogen-bond acceptors (Lipinski definition) is 5. The van der Waals surface area contributed by atoms with Crippen molar-refractivity contribution in [3.63, 3.8) is 0 Å². The normalized spacial score (nSPS) is 14.5. The van der Waals surface area contributed by atoms with E-state index in [4.69, 9.17) is 4.98 Å². The number of aromatic nitrogens is 5. The molecule has 0 atom stereocenters. The van der Waals surface area contributed by atoms with Crippen molar-refractivity contribution in [3.8, 4) is 11.4 Å². The molecule has 128 valence electrons. The Kier molecular flexibility index (Phi) is 3.68. The maximum atomic E-state index is 4.78. The van der Waals surface area contributed by atoms with Gasteiger partial charge in [-0.3, -0.25) is 9.88 Å². The van der Waals surface area contributed by atoms with Crippen LogP contribution in [0.25, 0.3) is 16.9 Å². The van der Waals surface area contributed by atoms with E-state index < -0.39 is 0 Å². The SMILES string of the molecule is c1ccn2ncc(CN3CCc4nc(-c5ccncc5)ncc4C3)c2c1. The van der Waals surface area contributed by atoms with Crippen LogP contribution in [0.2, 0.25) is 0 Å². The van der Waals surface area contributed by atoms with E-state index in [1.54, 1.807) is 12.4 Å². The second kappa shape index (κ2) is 6.31. The third-order valence-electron chi connectivity index (χ3n) is 4.85. The number of nitrogens with zero attached hydrogens (tertiary/aromatic N) is 6. The summed E-state index contributed by atoms with van der Waals surface area (Å²) < 4.78 is 1.93. The smallest absolute Gasteiger partial charge is 0.159 e. The van der Waals surface area contributed by atoms with E-state index in [1.165, 1.54) is 16.6 Å². The van der Waals surface area contributed by atoms with Crippen LogP contribution >= 0.6 is 0 Å². The van der Waals surface area contributed by atoms with Gasteiger partial charge in [0.2, 0.25) is 0 Å². The lowest BCUT2D eigenvalue weighted by atomic mass is 10.1. The average Bonchev–Trinajstić information content (AvgIpc) is 3.11. The molecule has 6 heteroatoms. The molecule has 0 bridgehead atoms. The first-order valence-electron chi connectivity index (χ1n) is 8.75. The molecule has 4 aromatic heterocycles.